The molecule has 90 valence electrons. The lowest BCUT2D eigenvalue weighted by Crippen LogP contribution is -2.54. The summed E-state index contributed by atoms with van der Waals surface area (Å²) in [6.45, 7) is -0.463. The second-order valence-electron chi connectivity index (χ2n) is 4.19. The largest absolute Gasteiger partial charge is 0.294 e. The first-order valence-electron chi connectivity index (χ1n) is 5.32. The van der Waals surface area contributed by atoms with E-state index in [4.69, 9.17) is 0 Å². The molecule has 2 rings (SSSR count). The molecule has 1 saturated heterocycles. The van der Waals surface area contributed by atoms with Gasteiger partial charge in [0.2, 0.25) is 21.8 Å². The molecule has 1 saturated carbocycles. The molecule has 1 N–H and O–H groups in total. The highest BCUT2D eigenvalue weighted by Crippen LogP contribution is 2.27. The predicted molar refractivity (Wildman–Crippen MR) is 55.9 cm³/mol. The van der Waals surface area contributed by atoms with E-state index in [9.17, 15) is 18.0 Å². The van der Waals surface area contributed by atoms with Crippen molar-refractivity contribution in [3.63, 3.8) is 0 Å². The molecule has 0 aromatic rings. The first kappa shape index (κ1) is 11.5. The Hall–Kier alpha value is -0.950. The first-order chi connectivity index (χ1) is 7.50. The molecule has 0 radical (unpaired) electrons. The average Bonchev–Trinajstić information content (AvgIpc) is 2.69. The van der Waals surface area contributed by atoms with Crippen molar-refractivity contribution in [2.75, 3.05) is 13.1 Å². The van der Waals surface area contributed by atoms with E-state index < -0.39 is 27.1 Å². The number of imide groups is 1. The van der Waals surface area contributed by atoms with Crippen molar-refractivity contribution in [3.8, 4) is 0 Å². The summed E-state index contributed by atoms with van der Waals surface area (Å²) in [5.74, 6) is -1.09. The zero-order valence-corrected chi connectivity index (χ0v) is 9.62. The summed E-state index contributed by atoms with van der Waals surface area (Å²) in [7, 11) is -3.48. The molecule has 16 heavy (non-hydrogen) atoms. The monoisotopic (exact) mass is 246 g/mol. The van der Waals surface area contributed by atoms with E-state index in [1.165, 1.54) is 0 Å². The number of rotatable bonds is 2. The molecule has 0 aromatic carbocycles. The fourth-order valence-electron chi connectivity index (χ4n) is 2.19. The van der Waals surface area contributed by atoms with Crippen molar-refractivity contribution in [2.45, 2.75) is 30.9 Å². The number of amides is 2. The summed E-state index contributed by atoms with van der Waals surface area (Å²) >= 11 is 0. The topological polar surface area (TPSA) is 83.6 Å². The van der Waals surface area contributed by atoms with Gasteiger partial charge < -0.3 is 0 Å². The van der Waals surface area contributed by atoms with Gasteiger partial charge in [-0.25, -0.2) is 8.42 Å². The van der Waals surface area contributed by atoms with Gasteiger partial charge in [-0.3, -0.25) is 14.9 Å². The molecule has 0 bridgehead atoms. The van der Waals surface area contributed by atoms with Gasteiger partial charge in [-0.1, -0.05) is 12.8 Å². The summed E-state index contributed by atoms with van der Waals surface area (Å²) in [5, 5.41) is 1.68. The van der Waals surface area contributed by atoms with Crippen molar-refractivity contribution < 1.29 is 18.0 Å². The Bertz CT molecular complexity index is 395. The van der Waals surface area contributed by atoms with E-state index in [2.05, 4.69) is 5.32 Å². The van der Waals surface area contributed by atoms with Gasteiger partial charge in [0.1, 0.15) is 0 Å². The molecular weight excluding hydrogens is 232 g/mol. The lowest BCUT2D eigenvalue weighted by Gasteiger charge is -2.27. The molecular formula is C9H14N2O4S. The van der Waals surface area contributed by atoms with Crippen LogP contribution < -0.4 is 5.32 Å². The van der Waals surface area contributed by atoms with E-state index in [1.54, 1.807) is 0 Å². The average molecular weight is 246 g/mol. The number of hydrogen-bond acceptors (Lipinski definition) is 4. The van der Waals surface area contributed by atoms with Crippen molar-refractivity contribution in [1.82, 2.24) is 9.62 Å². The molecule has 2 aliphatic rings. The van der Waals surface area contributed by atoms with Gasteiger partial charge in [0.15, 0.2) is 0 Å². The highest BCUT2D eigenvalue weighted by Gasteiger charge is 2.38. The third-order valence-electron chi connectivity index (χ3n) is 3.00. The Labute approximate surface area is 94.0 Å². The van der Waals surface area contributed by atoms with Crippen molar-refractivity contribution >= 4 is 21.8 Å². The van der Waals surface area contributed by atoms with Crippen molar-refractivity contribution in [3.05, 3.63) is 0 Å². The Morgan fingerprint density at radius 3 is 2.06 bits per heavy atom. The summed E-state index contributed by atoms with van der Waals surface area (Å²) in [6, 6.07) is 0. The van der Waals surface area contributed by atoms with E-state index in [0.29, 0.717) is 12.8 Å². The molecule has 6 nitrogen and oxygen atoms in total. The Morgan fingerprint density at radius 1 is 1.06 bits per heavy atom. The van der Waals surface area contributed by atoms with Crippen LogP contribution in [0.2, 0.25) is 0 Å². The standard InChI is InChI=1S/C9H14N2O4S/c12-8-5-11(6-9(13)10-8)16(14,15)7-3-1-2-4-7/h7H,1-6H2,(H,10,12,13). The Morgan fingerprint density at radius 2 is 1.56 bits per heavy atom. The molecule has 1 aliphatic carbocycles. The first-order valence-corrected chi connectivity index (χ1v) is 6.82. The quantitative estimate of drug-likeness (QED) is 0.648. The van der Waals surface area contributed by atoms with Crippen LogP contribution in [0.5, 0.6) is 0 Å². The molecule has 2 fully saturated rings. The minimum absolute atomic E-state index is 0.232. The molecule has 0 atom stereocenters. The van der Waals surface area contributed by atoms with Gasteiger partial charge in [0.25, 0.3) is 0 Å². The van der Waals surface area contributed by atoms with Crippen LogP contribution in [0.4, 0.5) is 0 Å². The maximum absolute atomic E-state index is 12.1. The molecule has 1 heterocycles. The minimum atomic E-state index is -3.48. The van der Waals surface area contributed by atoms with Crippen LogP contribution in [0.1, 0.15) is 25.7 Å². The van der Waals surface area contributed by atoms with E-state index in [1.807, 2.05) is 0 Å². The summed E-state index contributed by atoms with van der Waals surface area (Å²) in [6.07, 6.45) is 3.07. The molecule has 0 aromatic heterocycles. The lowest BCUT2D eigenvalue weighted by molar-refractivity contribution is -0.134. The van der Waals surface area contributed by atoms with Gasteiger partial charge in [-0.2, -0.15) is 4.31 Å². The Balaban J connectivity index is 2.16. The van der Waals surface area contributed by atoms with Gasteiger partial charge in [-0.05, 0) is 12.8 Å². The third-order valence-corrected chi connectivity index (χ3v) is 5.29. The fourth-order valence-corrected chi connectivity index (χ4v) is 4.13. The van der Waals surface area contributed by atoms with Crippen LogP contribution in [-0.4, -0.2) is 42.9 Å². The number of sulfonamides is 1. The maximum atomic E-state index is 12.1. The minimum Gasteiger partial charge on any atom is -0.294 e. The number of nitrogens with one attached hydrogen (secondary N) is 1. The summed E-state index contributed by atoms with van der Waals surface area (Å²) in [5.41, 5.74) is 0. The number of carbonyl (C=O) groups is 2. The zero-order chi connectivity index (χ0) is 11.8. The highest BCUT2D eigenvalue weighted by molar-refractivity contribution is 7.89. The van der Waals surface area contributed by atoms with Crippen LogP contribution in [0.15, 0.2) is 0 Å². The van der Waals surface area contributed by atoms with Gasteiger partial charge >= 0.3 is 0 Å². The van der Waals surface area contributed by atoms with E-state index >= 15 is 0 Å². The molecule has 0 spiro atoms. The van der Waals surface area contributed by atoms with Crippen LogP contribution in [-0.2, 0) is 19.6 Å². The van der Waals surface area contributed by atoms with E-state index in [-0.39, 0.29) is 13.1 Å². The third kappa shape index (κ3) is 2.10. The van der Waals surface area contributed by atoms with Crippen LogP contribution >= 0.6 is 0 Å². The zero-order valence-electron chi connectivity index (χ0n) is 8.81. The Kier molecular flexibility index (Phi) is 2.98. The smallest absolute Gasteiger partial charge is 0.241 e. The maximum Gasteiger partial charge on any atom is 0.241 e. The number of nitrogens with zero attached hydrogens (tertiary/aromatic N) is 1. The van der Waals surface area contributed by atoms with Gasteiger partial charge in [-0.15, -0.1) is 0 Å². The van der Waals surface area contributed by atoms with Crippen molar-refractivity contribution in [1.29, 1.82) is 0 Å². The normalized spacial score (nSPS) is 24.8. The molecule has 2 amide bonds. The second kappa shape index (κ2) is 4.14. The van der Waals surface area contributed by atoms with Gasteiger partial charge in [0.05, 0.1) is 18.3 Å². The molecule has 7 heteroatoms. The van der Waals surface area contributed by atoms with Crippen LogP contribution in [0.3, 0.4) is 0 Å². The molecule has 1 aliphatic heterocycles. The predicted octanol–water partition coefficient (Wildman–Crippen LogP) is -0.783. The van der Waals surface area contributed by atoms with Crippen LogP contribution in [0, 0.1) is 0 Å². The second-order valence-corrected chi connectivity index (χ2v) is 6.40. The summed E-state index contributed by atoms with van der Waals surface area (Å²) in [4.78, 5) is 22.2. The molecule has 0 unspecified atom stereocenters. The van der Waals surface area contributed by atoms with Crippen LogP contribution in [0.25, 0.3) is 0 Å². The lowest BCUT2D eigenvalue weighted by atomic mass is 10.4. The number of piperazine rings is 1. The van der Waals surface area contributed by atoms with Crippen molar-refractivity contribution in [2.24, 2.45) is 0 Å². The highest BCUT2D eigenvalue weighted by atomic mass is 32.2. The van der Waals surface area contributed by atoms with Gasteiger partial charge in [0, 0.05) is 0 Å². The number of hydrogen-bond donors (Lipinski definition) is 1. The van der Waals surface area contributed by atoms with E-state index in [0.717, 1.165) is 17.1 Å². The fraction of sp³-hybridized carbons (Fsp3) is 0.778. The number of carbonyl (C=O) groups excluding carboxylic acids is 2. The summed E-state index contributed by atoms with van der Waals surface area (Å²) < 4.78 is 25.1. The SMILES string of the molecule is O=C1CN(S(=O)(=O)C2CCCC2)CC(=O)N1.